The van der Waals surface area contributed by atoms with Gasteiger partial charge in [0.1, 0.15) is 0 Å². The van der Waals surface area contributed by atoms with Gasteiger partial charge in [-0.2, -0.15) is 0 Å². The average molecular weight is 359 g/mol. The first-order valence-electron chi connectivity index (χ1n) is 9.54. The van der Waals surface area contributed by atoms with Gasteiger partial charge >= 0.3 is 0 Å². The number of hydrogen-bond donors (Lipinski definition) is 1. The van der Waals surface area contributed by atoms with Gasteiger partial charge in [0, 0.05) is 44.3 Å². The highest BCUT2D eigenvalue weighted by molar-refractivity contribution is 5.95. The normalized spacial score (nSPS) is 21.4. The van der Waals surface area contributed by atoms with Crippen LogP contribution >= 0.6 is 0 Å². The third-order valence-corrected chi connectivity index (χ3v) is 5.12. The number of ether oxygens (including phenoxy) is 1. The lowest BCUT2D eigenvalue weighted by atomic mass is 10.1. The minimum absolute atomic E-state index is 0.0133. The van der Waals surface area contributed by atoms with Crippen molar-refractivity contribution >= 4 is 17.5 Å². The zero-order valence-corrected chi connectivity index (χ0v) is 15.7. The highest BCUT2D eigenvalue weighted by Gasteiger charge is 2.24. The van der Waals surface area contributed by atoms with E-state index in [0.29, 0.717) is 32.0 Å². The molecule has 0 spiro atoms. The molecule has 2 fully saturated rings. The van der Waals surface area contributed by atoms with Gasteiger partial charge in [0.25, 0.3) is 0 Å². The van der Waals surface area contributed by atoms with Crippen molar-refractivity contribution in [2.75, 3.05) is 31.1 Å². The van der Waals surface area contributed by atoms with E-state index < -0.39 is 0 Å². The number of hydrogen-bond acceptors (Lipinski definition) is 4. The molecule has 0 aromatic heterocycles. The fraction of sp³-hybridized carbons (Fsp3) is 0.600. The Morgan fingerprint density at radius 2 is 2.04 bits per heavy atom. The first-order valence-corrected chi connectivity index (χ1v) is 9.54. The molecule has 2 amide bonds. The molecule has 2 aliphatic rings. The first kappa shape index (κ1) is 18.9. The third kappa shape index (κ3) is 4.83. The van der Waals surface area contributed by atoms with Crippen LogP contribution in [0.1, 0.15) is 38.7 Å². The largest absolute Gasteiger partial charge is 0.375 e. The number of carbonyl (C=O) groups excluding carboxylic acids is 2. The summed E-state index contributed by atoms with van der Waals surface area (Å²) in [6, 6.07) is 8.33. The van der Waals surface area contributed by atoms with Crippen LogP contribution in [0, 0.1) is 0 Å². The number of benzene rings is 1. The standard InChI is InChI=1S/C20H29N3O3/c1-15(2)22-10-11-26-18(14-22)12-19(24)21-13-16-5-7-17(8-6-16)23-9-3-4-20(23)25/h5-8,15,18H,3-4,9-14H2,1-2H3,(H,21,24)/t18-/m0/s1. The number of nitrogens with zero attached hydrogens (tertiary/aromatic N) is 2. The summed E-state index contributed by atoms with van der Waals surface area (Å²) in [5.41, 5.74) is 1.97. The maximum absolute atomic E-state index is 12.2. The Labute approximate surface area is 155 Å². The lowest BCUT2D eigenvalue weighted by Gasteiger charge is -2.35. The molecule has 2 heterocycles. The highest BCUT2D eigenvalue weighted by Crippen LogP contribution is 2.21. The van der Waals surface area contributed by atoms with Gasteiger partial charge in [0.05, 0.1) is 19.1 Å². The molecular weight excluding hydrogens is 330 g/mol. The Bertz CT molecular complexity index is 630. The van der Waals surface area contributed by atoms with E-state index in [-0.39, 0.29) is 17.9 Å². The summed E-state index contributed by atoms with van der Waals surface area (Å²) < 4.78 is 5.72. The van der Waals surface area contributed by atoms with Gasteiger partial charge < -0.3 is 15.0 Å². The zero-order chi connectivity index (χ0) is 18.5. The summed E-state index contributed by atoms with van der Waals surface area (Å²) in [7, 11) is 0. The van der Waals surface area contributed by atoms with Crippen molar-refractivity contribution in [1.29, 1.82) is 0 Å². The fourth-order valence-electron chi connectivity index (χ4n) is 3.53. The summed E-state index contributed by atoms with van der Waals surface area (Å²) in [6.07, 6.45) is 1.92. The molecule has 1 N–H and O–H groups in total. The summed E-state index contributed by atoms with van der Waals surface area (Å²) in [5.74, 6) is 0.202. The predicted octanol–water partition coefficient (Wildman–Crippen LogP) is 1.93. The maximum Gasteiger partial charge on any atom is 0.227 e. The summed E-state index contributed by atoms with van der Waals surface area (Å²) >= 11 is 0. The van der Waals surface area contributed by atoms with Crippen molar-refractivity contribution in [3.63, 3.8) is 0 Å². The molecule has 1 aromatic rings. The Hall–Kier alpha value is -1.92. The number of amides is 2. The molecule has 0 unspecified atom stereocenters. The van der Waals surface area contributed by atoms with Crippen LogP contribution in [0.2, 0.25) is 0 Å². The topological polar surface area (TPSA) is 61.9 Å². The van der Waals surface area contributed by atoms with Crippen molar-refractivity contribution in [2.45, 2.75) is 51.8 Å². The van der Waals surface area contributed by atoms with Crippen molar-refractivity contribution in [2.24, 2.45) is 0 Å². The Morgan fingerprint density at radius 3 is 2.69 bits per heavy atom. The smallest absolute Gasteiger partial charge is 0.227 e. The van der Waals surface area contributed by atoms with Gasteiger partial charge in [-0.1, -0.05) is 12.1 Å². The number of carbonyl (C=O) groups is 2. The second-order valence-corrected chi connectivity index (χ2v) is 7.38. The monoisotopic (exact) mass is 359 g/mol. The summed E-state index contributed by atoms with van der Waals surface area (Å²) in [4.78, 5) is 28.2. The quantitative estimate of drug-likeness (QED) is 0.843. The number of rotatable bonds is 6. The Balaban J connectivity index is 1.45. The van der Waals surface area contributed by atoms with Crippen LogP contribution in [-0.4, -0.2) is 55.1 Å². The zero-order valence-electron chi connectivity index (χ0n) is 15.7. The second-order valence-electron chi connectivity index (χ2n) is 7.38. The van der Waals surface area contributed by atoms with E-state index in [9.17, 15) is 9.59 Å². The molecule has 142 valence electrons. The SMILES string of the molecule is CC(C)N1CCO[C@@H](CC(=O)NCc2ccc(N3CCCC3=O)cc2)C1. The van der Waals surface area contributed by atoms with Crippen molar-refractivity contribution in [1.82, 2.24) is 10.2 Å². The first-order chi connectivity index (χ1) is 12.5. The molecule has 26 heavy (non-hydrogen) atoms. The lowest BCUT2D eigenvalue weighted by molar-refractivity contribution is -0.126. The van der Waals surface area contributed by atoms with E-state index in [0.717, 1.165) is 37.3 Å². The van der Waals surface area contributed by atoms with Crippen molar-refractivity contribution < 1.29 is 14.3 Å². The van der Waals surface area contributed by atoms with Gasteiger partial charge in [-0.15, -0.1) is 0 Å². The second kappa shape index (κ2) is 8.64. The maximum atomic E-state index is 12.2. The summed E-state index contributed by atoms with van der Waals surface area (Å²) in [5, 5.41) is 2.97. The predicted molar refractivity (Wildman–Crippen MR) is 101 cm³/mol. The van der Waals surface area contributed by atoms with Crippen LogP contribution in [0.5, 0.6) is 0 Å². The molecule has 3 rings (SSSR count). The Kier molecular flexibility index (Phi) is 6.27. The average Bonchev–Trinajstić information content (AvgIpc) is 3.06. The minimum atomic E-state index is -0.0327. The molecule has 2 saturated heterocycles. The molecular formula is C20H29N3O3. The number of nitrogens with one attached hydrogen (secondary N) is 1. The molecule has 1 atom stereocenters. The van der Waals surface area contributed by atoms with Crippen LogP contribution in [0.25, 0.3) is 0 Å². The van der Waals surface area contributed by atoms with E-state index in [1.54, 1.807) is 0 Å². The van der Waals surface area contributed by atoms with E-state index >= 15 is 0 Å². The van der Waals surface area contributed by atoms with Gasteiger partial charge in [0.15, 0.2) is 0 Å². The van der Waals surface area contributed by atoms with Gasteiger partial charge in [-0.3, -0.25) is 14.5 Å². The summed E-state index contributed by atoms with van der Waals surface area (Å²) in [6.45, 7) is 8.05. The number of anilines is 1. The van der Waals surface area contributed by atoms with E-state index in [2.05, 4.69) is 24.1 Å². The van der Waals surface area contributed by atoms with Crippen LogP contribution in [-0.2, 0) is 20.9 Å². The van der Waals surface area contributed by atoms with Crippen molar-refractivity contribution in [3.05, 3.63) is 29.8 Å². The van der Waals surface area contributed by atoms with E-state index in [4.69, 9.17) is 4.74 Å². The van der Waals surface area contributed by atoms with Crippen LogP contribution in [0.4, 0.5) is 5.69 Å². The van der Waals surface area contributed by atoms with Gasteiger partial charge in [-0.25, -0.2) is 0 Å². The molecule has 1 aromatic carbocycles. The highest BCUT2D eigenvalue weighted by atomic mass is 16.5. The van der Waals surface area contributed by atoms with E-state index in [1.807, 2.05) is 29.2 Å². The molecule has 0 radical (unpaired) electrons. The van der Waals surface area contributed by atoms with Crippen LogP contribution in [0.15, 0.2) is 24.3 Å². The molecule has 6 heteroatoms. The fourth-order valence-corrected chi connectivity index (χ4v) is 3.53. The third-order valence-electron chi connectivity index (χ3n) is 5.12. The van der Waals surface area contributed by atoms with Gasteiger partial charge in [-0.05, 0) is 38.0 Å². The van der Waals surface area contributed by atoms with Gasteiger partial charge in [0.2, 0.25) is 11.8 Å². The van der Waals surface area contributed by atoms with Crippen LogP contribution < -0.4 is 10.2 Å². The van der Waals surface area contributed by atoms with Crippen LogP contribution in [0.3, 0.4) is 0 Å². The molecule has 2 aliphatic heterocycles. The lowest BCUT2D eigenvalue weighted by Crippen LogP contribution is -2.47. The molecule has 0 bridgehead atoms. The minimum Gasteiger partial charge on any atom is -0.375 e. The molecule has 0 saturated carbocycles. The van der Waals surface area contributed by atoms with E-state index in [1.165, 1.54) is 0 Å². The molecule has 0 aliphatic carbocycles. The Morgan fingerprint density at radius 1 is 1.27 bits per heavy atom. The molecule has 6 nitrogen and oxygen atoms in total. The number of morpholine rings is 1. The van der Waals surface area contributed by atoms with Crippen molar-refractivity contribution in [3.8, 4) is 0 Å².